The molecule has 0 amide bonds. The van der Waals surface area contributed by atoms with Crippen LogP contribution in [-0.2, 0) is 0 Å². The van der Waals surface area contributed by atoms with Crippen LogP contribution in [-0.4, -0.2) is 16.0 Å². The lowest BCUT2D eigenvalue weighted by Crippen LogP contribution is -2.04. The molecule has 0 aromatic carbocycles. The van der Waals surface area contributed by atoms with Crippen molar-refractivity contribution < 1.29 is 0 Å². The summed E-state index contributed by atoms with van der Waals surface area (Å²) in [6.45, 7) is 4.16. The van der Waals surface area contributed by atoms with Crippen molar-refractivity contribution in [3.05, 3.63) is 4.47 Å². The van der Waals surface area contributed by atoms with Gasteiger partial charge in [0.25, 0.3) is 0 Å². The maximum atomic E-state index is 5.66. The topological polar surface area (TPSA) is 43.8 Å². The molecular weight excluding hydrogens is 238 g/mol. The van der Waals surface area contributed by atoms with E-state index in [-0.39, 0.29) is 0 Å². The molecule has 1 aromatic heterocycles. The fourth-order valence-electron chi connectivity index (χ4n) is 0.949. The number of hydrogen-bond acceptors (Lipinski definition) is 3. The van der Waals surface area contributed by atoms with Crippen LogP contribution in [0.3, 0.4) is 0 Å². The van der Waals surface area contributed by atoms with E-state index in [1.54, 1.807) is 11.8 Å². The predicted molar refractivity (Wildman–Crippen MR) is 56.5 cm³/mol. The Morgan fingerprint density at radius 1 is 1.58 bits per heavy atom. The van der Waals surface area contributed by atoms with Crippen molar-refractivity contribution >= 4 is 33.5 Å². The van der Waals surface area contributed by atoms with Gasteiger partial charge in [-0.05, 0) is 36.0 Å². The third-order valence-electron chi connectivity index (χ3n) is 1.52. The average Bonchev–Trinajstić information content (AvgIpc) is 2.29. The van der Waals surface area contributed by atoms with E-state index < -0.39 is 0 Å². The fraction of sp³-hybridized carbons (Fsp3) is 0.571. The monoisotopic (exact) mass is 249 g/mol. The van der Waals surface area contributed by atoms with Crippen molar-refractivity contribution in [2.45, 2.75) is 24.9 Å². The van der Waals surface area contributed by atoms with Gasteiger partial charge in [0.1, 0.15) is 5.03 Å². The molecule has 0 unspecified atom stereocenters. The Kier molecular flexibility index (Phi) is 3.06. The number of hydrogen-bond donors (Lipinski definition) is 1. The molecule has 1 aromatic rings. The lowest BCUT2D eigenvalue weighted by molar-refractivity contribution is 0.494. The molecule has 12 heavy (non-hydrogen) atoms. The molecule has 0 spiro atoms. The van der Waals surface area contributed by atoms with Gasteiger partial charge in [0.15, 0.2) is 5.82 Å². The summed E-state index contributed by atoms with van der Waals surface area (Å²) in [6, 6.07) is 0.348. The van der Waals surface area contributed by atoms with E-state index >= 15 is 0 Å². The number of nitrogens with zero attached hydrogens (tertiary/aromatic N) is 2. The van der Waals surface area contributed by atoms with Crippen LogP contribution in [0, 0.1) is 0 Å². The number of aromatic nitrogens is 2. The Morgan fingerprint density at radius 3 is 2.50 bits per heavy atom. The first kappa shape index (κ1) is 9.92. The van der Waals surface area contributed by atoms with Gasteiger partial charge in [0, 0.05) is 6.04 Å². The molecule has 0 saturated heterocycles. The Hall–Kier alpha value is -0.160. The summed E-state index contributed by atoms with van der Waals surface area (Å²) in [5.74, 6) is 0.563. The van der Waals surface area contributed by atoms with Gasteiger partial charge in [-0.2, -0.15) is 5.10 Å². The Balaban J connectivity index is 3.20. The zero-order valence-corrected chi connectivity index (χ0v) is 9.74. The third-order valence-corrected chi connectivity index (χ3v) is 3.34. The molecule has 0 aliphatic rings. The molecule has 0 atom stereocenters. The van der Waals surface area contributed by atoms with E-state index in [4.69, 9.17) is 5.73 Å². The highest BCUT2D eigenvalue weighted by Crippen LogP contribution is 2.32. The normalized spacial score (nSPS) is 11.1. The van der Waals surface area contributed by atoms with Gasteiger partial charge in [-0.3, -0.25) is 4.68 Å². The number of thioether (sulfide) groups is 1. The highest BCUT2D eigenvalue weighted by atomic mass is 79.9. The van der Waals surface area contributed by atoms with Gasteiger partial charge in [0.05, 0.1) is 4.47 Å². The van der Waals surface area contributed by atoms with Gasteiger partial charge >= 0.3 is 0 Å². The second-order valence-corrected chi connectivity index (χ2v) is 4.33. The first-order valence-corrected chi connectivity index (χ1v) is 5.67. The van der Waals surface area contributed by atoms with Crippen LogP contribution in [0.4, 0.5) is 5.82 Å². The summed E-state index contributed by atoms with van der Waals surface area (Å²) >= 11 is 5.05. The molecule has 0 radical (unpaired) electrons. The summed E-state index contributed by atoms with van der Waals surface area (Å²) in [7, 11) is 0. The van der Waals surface area contributed by atoms with Crippen molar-refractivity contribution in [1.29, 1.82) is 0 Å². The lowest BCUT2D eigenvalue weighted by Gasteiger charge is -2.08. The maximum Gasteiger partial charge on any atom is 0.161 e. The molecule has 68 valence electrons. The number of halogens is 1. The summed E-state index contributed by atoms with van der Waals surface area (Å²) in [4.78, 5) is 0. The van der Waals surface area contributed by atoms with Crippen molar-refractivity contribution in [2.75, 3.05) is 12.0 Å². The zero-order valence-electron chi connectivity index (χ0n) is 7.34. The summed E-state index contributed by atoms with van der Waals surface area (Å²) in [5.41, 5.74) is 5.66. The SMILES string of the molecule is CSc1c(Br)c(N)nn1C(C)C. The van der Waals surface area contributed by atoms with Gasteiger partial charge in [-0.25, -0.2) is 0 Å². The molecule has 0 saturated carbocycles. The van der Waals surface area contributed by atoms with E-state index in [0.29, 0.717) is 11.9 Å². The van der Waals surface area contributed by atoms with Crippen LogP contribution in [0.1, 0.15) is 19.9 Å². The molecule has 5 heteroatoms. The van der Waals surface area contributed by atoms with E-state index in [1.165, 1.54) is 0 Å². The van der Waals surface area contributed by atoms with E-state index in [2.05, 4.69) is 34.9 Å². The smallest absolute Gasteiger partial charge is 0.161 e. The number of rotatable bonds is 2. The second-order valence-electron chi connectivity index (χ2n) is 2.75. The molecule has 0 bridgehead atoms. The molecule has 0 aliphatic heterocycles. The lowest BCUT2D eigenvalue weighted by atomic mass is 10.4. The number of nitrogens with two attached hydrogens (primary N) is 1. The minimum Gasteiger partial charge on any atom is -0.381 e. The van der Waals surface area contributed by atoms with Gasteiger partial charge in [-0.15, -0.1) is 11.8 Å². The zero-order chi connectivity index (χ0) is 9.30. The van der Waals surface area contributed by atoms with Crippen LogP contribution < -0.4 is 5.73 Å². The number of nitrogen functional groups attached to an aromatic ring is 1. The standard InChI is InChI=1S/C7H12BrN3S/c1-4(2)11-7(12-3)5(8)6(9)10-11/h4H,1-3H3,(H2,9,10). The van der Waals surface area contributed by atoms with Gasteiger partial charge in [-0.1, -0.05) is 0 Å². The van der Waals surface area contributed by atoms with Crippen LogP contribution in [0.25, 0.3) is 0 Å². The highest BCUT2D eigenvalue weighted by Gasteiger charge is 2.14. The fourth-order valence-corrected chi connectivity index (χ4v) is 2.42. The summed E-state index contributed by atoms with van der Waals surface area (Å²) in [5, 5.41) is 5.29. The minimum absolute atomic E-state index is 0.348. The molecule has 1 rings (SSSR count). The van der Waals surface area contributed by atoms with Crippen LogP contribution in [0.15, 0.2) is 9.50 Å². The second kappa shape index (κ2) is 3.70. The third kappa shape index (κ3) is 1.61. The summed E-state index contributed by atoms with van der Waals surface area (Å²) < 4.78 is 2.83. The number of anilines is 1. The van der Waals surface area contributed by atoms with E-state index in [9.17, 15) is 0 Å². The molecule has 2 N–H and O–H groups in total. The van der Waals surface area contributed by atoms with Crippen LogP contribution in [0.5, 0.6) is 0 Å². The minimum atomic E-state index is 0.348. The van der Waals surface area contributed by atoms with Gasteiger partial charge < -0.3 is 5.73 Å². The van der Waals surface area contributed by atoms with E-state index in [1.807, 2.05) is 10.9 Å². The highest BCUT2D eigenvalue weighted by molar-refractivity contribution is 9.10. The molecule has 0 aliphatic carbocycles. The largest absolute Gasteiger partial charge is 0.381 e. The predicted octanol–water partition coefficient (Wildman–Crippen LogP) is 2.53. The molecule has 0 fully saturated rings. The molecular formula is C7H12BrN3S. The Morgan fingerprint density at radius 2 is 2.17 bits per heavy atom. The van der Waals surface area contributed by atoms with Crippen molar-refractivity contribution in [3.63, 3.8) is 0 Å². The molecule has 1 heterocycles. The van der Waals surface area contributed by atoms with E-state index in [0.717, 1.165) is 9.50 Å². The Labute approximate surface area is 84.8 Å². The average molecular weight is 250 g/mol. The van der Waals surface area contributed by atoms with Crippen molar-refractivity contribution in [2.24, 2.45) is 0 Å². The first-order chi connectivity index (χ1) is 5.57. The maximum absolute atomic E-state index is 5.66. The Bertz CT molecular complexity index is 282. The molecule has 3 nitrogen and oxygen atoms in total. The van der Waals surface area contributed by atoms with Crippen LogP contribution in [0.2, 0.25) is 0 Å². The van der Waals surface area contributed by atoms with Gasteiger partial charge in [0.2, 0.25) is 0 Å². The summed E-state index contributed by atoms with van der Waals surface area (Å²) in [6.07, 6.45) is 2.01. The van der Waals surface area contributed by atoms with Crippen LogP contribution >= 0.6 is 27.7 Å². The van der Waals surface area contributed by atoms with Crippen molar-refractivity contribution in [1.82, 2.24) is 9.78 Å². The quantitative estimate of drug-likeness (QED) is 0.820. The first-order valence-electron chi connectivity index (χ1n) is 3.65. The van der Waals surface area contributed by atoms with Crippen molar-refractivity contribution in [3.8, 4) is 0 Å².